The maximum absolute atomic E-state index is 6.23. The topological polar surface area (TPSA) is 55.8 Å². The molecule has 0 bridgehead atoms. The van der Waals surface area contributed by atoms with E-state index in [1.165, 1.54) is 5.56 Å². The molecule has 0 radical (unpaired) electrons. The number of rotatable bonds is 6. The minimum absolute atomic E-state index is 0.682. The molecule has 0 amide bonds. The molecule has 1 aliphatic rings. The third kappa shape index (κ3) is 5.59. The van der Waals surface area contributed by atoms with Crippen LogP contribution in [0, 0.1) is 0 Å². The summed E-state index contributed by atoms with van der Waals surface area (Å²) in [5.74, 6) is 1.84. The molecular weight excluding hydrogens is 372 g/mol. The molecule has 2 heterocycles. The highest BCUT2D eigenvalue weighted by molar-refractivity contribution is 6.31. The van der Waals surface area contributed by atoms with Crippen LogP contribution in [0.3, 0.4) is 0 Å². The molecule has 1 aromatic heterocycles. The van der Waals surface area contributed by atoms with Crippen LogP contribution in [0.15, 0.2) is 47.6 Å². The smallest absolute Gasteiger partial charge is 0.191 e. The molecule has 0 unspecified atom stereocenters. The van der Waals surface area contributed by atoms with E-state index in [1.54, 1.807) is 7.05 Å². The molecule has 150 valence electrons. The van der Waals surface area contributed by atoms with Gasteiger partial charge < -0.3 is 20.4 Å². The first-order valence-electron chi connectivity index (χ1n) is 9.72. The molecular formula is C21H29ClN6. The Morgan fingerprint density at radius 1 is 1.07 bits per heavy atom. The number of anilines is 1. The number of guanidine groups is 1. The largest absolute Gasteiger partial charge is 0.356 e. The van der Waals surface area contributed by atoms with Gasteiger partial charge in [-0.25, -0.2) is 4.98 Å². The first-order chi connectivity index (χ1) is 13.7. The number of likely N-dealkylation sites (N-methyl/N-ethyl adjacent to an activating group) is 1. The fraction of sp³-hybridized carbons (Fsp3) is 0.429. The van der Waals surface area contributed by atoms with Crippen molar-refractivity contribution in [2.24, 2.45) is 4.99 Å². The summed E-state index contributed by atoms with van der Waals surface area (Å²) in [6, 6.07) is 12.1. The van der Waals surface area contributed by atoms with Gasteiger partial charge in [0.15, 0.2) is 5.96 Å². The summed E-state index contributed by atoms with van der Waals surface area (Å²) >= 11 is 6.23. The van der Waals surface area contributed by atoms with Gasteiger partial charge in [-0.2, -0.15) is 0 Å². The Bertz CT molecular complexity index is 786. The van der Waals surface area contributed by atoms with Crippen LogP contribution < -0.4 is 15.5 Å². The number of piperazine rings is 1. The van der Waals surface area contributed by atoms with E-state index in [2.05, 4.69) is 49.6 Å². The fourth-order valence-corrected chi connectivity index (χ4v) is 3.52. The number of hydrogen-bond acceptors (Lipinski definition) is 4. The Hall–Kier alpha value is -2.31. The van der Waals surface area contributed by atoms with Crippen molar-refractivity contribution in [2.75, 3.05) is 51.7 Å². The summed E-state index contributed by atoms with van der Waals surface area (Å²) < 4.78 is 0. The summed E-state index contributed by atoms with van der Waals surface area (Å²) in [4.78, 5) is 13.7. The quantitative estimate of drug-likeness (QED) is 0.576. The van der Waals surface area contributed by atoms with Crippen molar-refractivity contribution >= 4 is 23.4 Å². The van der Waals surface area contributed by atoms with Crippen molar-refractivity contribution in [1.29, 1.82) is 0 Å². The van der Waals surface area contributed by atoms with Crippen LogP contribution in [0.1, 0.15) is 11.1 Å². The zero-order valence-corrected chi connectivity index (χ0v) is 17.4. The first-order valence-corrected chi connectivity index (χ1v) is 10.1. The fourth-order valence-electron chi connectivity index (χ4n) is 3.29. The molecule has 1 aliphatic heterocycles. The monoisotopic (exact) mass is 400 g/mol. The molecule has 1 fully saturated rings. The predicted octanol–water partition coefficient (Wildman–Crippen LogP) is 2.39. The lowest BCUT2D eigenvalue weighted by molar-refractivity contribution is 0.312. The second-order valence-corrected chi connectivity index (χ2v) is 7.38. The predicted molar refractivity (Wildman–Crippen MR) is 117 cm³/mol. The maximum atomic E-state index is 6.23. The van der Waals surface area contributed by atoms with Crippen LogP contribution in [-0.4, -0.2) is 62.7 Å². The molecule has 6 nitrogen and oxygen atoms in total. The van der Waals surface area contributed by atoms with Crippen molar-refractivity contribution in [1.82, 2.24) is 20.5 Å². The number of nitrogens with one attached hydrogen (secondary N) is 2. The van der Waals surface area contributed by atoms with Crippen LogP contribution in [0.2, 0.25) is 5.02 Å². The number of aliphatic imine (C=N–C) groups is 1. The minimum Gasteiger partial charge on any atom is -0.356 e. The van der Waals surface area contributed by atoms with E-state index in [0.29, 0.717) is 6.54 Å². The Kier molecular flexibility index (Phi) is 7.51. The van der Waals surface area contributed by atoms with E-state index in [-0.39, 0.29) is 0 Å². The molecule has 28 heavy (non-hydrogen) atoms. The number of nitrogens with zero attached hydrogens (tertiary/aromatic N) is 4. The highest BCUT2D eigenvalue weighted by atomic mass is 35.5. The average Bonchev–Trinajstić information content (AvgIpc) is 2.73. The second kappa shape index (κ2) is 10.3. The first kappa shape index (κ1) is 20.4. The Balaban J connectivity index is 1.53. The average molecular weight is 401 g/mol. The standard InChI is InChI=1S/C21H29ClN6/c1-23-21(25-11-9-17-6-3-4-8-19(17)22)26-16-18-7-5-10-24-20(18)28-14-12-27(2)13-15-28/h3-8,10H,9,11-16H2,1-2H3,(H2,23,25,26). The van der Waals surface area contributed by atoms with Crippen molar-refractivity contribution in [3.63, 3.8) is 0 Å². The van der Waals surface area contributed by atoms with Gasteiger partial charge in [-0.15, -0.1) is 0 Å². The van der Waals surface area contributed by atoms with Crippen molar-refractivity contribution in [3.05, 3.63) is 58.7 Å². The van der Waals surface area contributed by atoms with E-state index >= 15 is 0 Å². The molecule has 0 saturated carbocycles. The number of benzene rings is 1. The number of halogens is 1. The van der Waals surface area contributed by atoms with E-state index in [1.807, 2.05) is 30.5 Å². The Labute approximate surface area is 172 Å². The van der Waals surface area contributed by atoms with Gasteiger partial charge in [0, 0.05) is 63.1 Å². The number of hydrogen-bond donors (Lipinski definition) is 2. The van der Waals surface area contributed by atoms with E-state index in [9.17, 15) is 0 Å². The molecule has 3 rings (SSSR count). The normalized spacial score (nSPS) is 15.5. The van der Waals surface area contributed by atoms with Gasteiger partial charge in [0.25, 0.3) is 0 Å². The Morgan fingerprint density at radius 3 is 2.57 bits per heavy atom. The lowest BCUT2D eigenvalue weighted by Crippen LogP contribution is -2.45. The third-order valence-corrected chi connectivity index (χ3v) is 5.35. The number of aromatic nitrogens is 1. The van der Waals surface area contributed by atoms with E-state index in [4.69, 9.17) is 11.6 Å². The highest BCUT2D eigenvalue weighted by Crippen LogP contribution is 2.18. The lowest BCUT2D eigenvalue weighted by atomic mass is 10.1. The maximum Gasteiger partial charge on any atom is 0.191 e. The molecule has 0 atom stereocenters. The second-order valence-electron chi connectivity index (χ2n) is 6.97. The van der Waals surface area contributed by atoms with Crippen LogP contribution >= 0.6 is 11.6 Å². The molecule has 2 aromatic rings. The van der Waals surface area contributed by atoms with Crippen LogP contribution in [0.25, 0.3) is 0 Å². The minimum atomic E-state index is 0.682. The van der Waals surface area contributed by atoms with Crippen LogP contribution in [0.4, 0.5) is 5.82 Å². The van der Waals surface area contributed by atoms with Gasteiger partial charge in [-0.1, -0.05) is 35.9 Å². The van der Waals surface area contributed by atoms with Gasteiger partial charge in [0.2, 0.25) is 0 Å². The van der Waals surface area contributed by atoms with Crippen LogP contribution in [0.5, 0.6) is 0 Å². The molecule has 0 aliphatic carbocycles. The Morgan fingerprint density at radius 2 is 1.82 bits per heavy atom. The van der Waals surface area contributed by atoms with Crippen molar-refractivity contribution in [2.45, 2.75) is 13.0 Å². The molecule has 1 aromatic carbocycles. The van der Waals surface area contributed by atoms with Gasteiger partial charge in [-0.05, 0) is 31.2 Å². The molecule has 7 heteroatoms. The van der Waals surface area contributed by atoms with Crippen LogP contribution in [-0.2, 0) is 13.0 Å². The van der Waals surface area contributed by atoms with Gasteiger partial charge >= 0.3 is 0 Å². The van der Waals surface area contributed by atoms with Gasteiger partial charge in [0.1, 0.15) is 5.82 Å². The summed E-state index contributed by atoms with van der Waals surface area (Å²) in [5.41, 5.74) is 2.32. The summed E-state index contributed by atoms with van der Waals surface area (Å²) in [7, 11) is 3.95. The zero-order valence-electron chi connectivity index (χ0n) is 16.7. The summed E-state index contributed by atoms with van der Waals surface area (Å²) in [6.07, 6.45) is 2.72. The van der Waals surface area contributed by atoms with Gasteiger partial charge in [0.05, 0.1) is 0 Å². The molecule has 0 spiro atoms. The van der Waals surface area contributed by atoms with Crippen molar-refractivity contribution in [3.8, 4) is 0 Å². The van der Waals surface area contributed by atoms with E-state index < -0.39 is 0 Å². The molecule has 1 saturated heterocycles. The SMILES string of the molecule is CN=C(NCCc1ccccc1Cl)NCc1cccnc1N1CCN(C)CC1. The van der Waals surface area contributed by atoms with E-state index in [0.717, 1.165) is 61.5 Å². The van der Waals surface area contributed by atoms with Crippen molar-refractivity contribution < 1.29 is 0 Å². The van der Waals surface area contributed by atoms with Gasteiger partial charge in [-0.3, -0.25) is 4.99 Å². The molecule has 2 N–H and O–H groups in total. The summed E-state index contributed by atoms with van der Waals surface area (Å²) in [6.45, 7) is 5.59. The lowest BCUT2D eigenvalue weighted by Gasteiger charge is -2.34. The third-order valence-electron chi connectivity index (χ3n) is 4.98. The summed E-state index contributed by atoms with van der Waals surface area (Å²) in [5, 5.41) is 7.57. The zero-order chi connectivity index (χ0) is 19.8. The number of pyridine rings is 1. The highest BCUT2D eigenvalue weighted by Gasteiger charge is 2.17.